The molecule has 0 saturated heterocycles. The molecule has 0 aromatic heterocycles. The van der Waals surface area contributed by atoms with Gasteiger partial charge in [0.25, 0.3) is 0 Å². The number of allylic oxidation sites excluding steroid dienone is 2. The molecule has 2 rings (SSSR count). The van der Waals surface area contributed by atoms with Crippen LogP contribution in [0, 0.1) is 17.8 Å². The van der Waals surface area contributed by atoms with Crippen LogP contribution in [0.3, 0.4) is 0 Å². The standard InChI is InChI=1S/C21H38O/c1-3-5-7-8-18-9-11-19(12-10-18)20-13-15-21(16-14-20)22-17-6-4-2/h7-8,18-21H,3-6,9-17H2,1-2H3/t18-,19-,20-,21-. The van der Waals surface area contributed by atoms with E-state index in [2.05, 4.69) is 26.0 Å². The molecular formula is C21H38O. The molecule has 0 spiro atoms. The highest BCUT2D eigenvalue weighted by molar-refractivity contribution is 4.92. The first-order valence-corrected chi connectivity index (χ1v) is 10.1. The summed E-state index contributed by atoms with van der Waals surface area (Å²) in [7, 11) is 0. The van der Waals surface area contributed by atoms with E-state index in [-0.39, 0.29) is 0 Å². The van der Waals surface area contributed by atoms with Crippen LogP contribution < -0.4 is 0 Å². The molecule has 0 atom stereocenters. The van der Waals surface area contributed by atoms with Gasteiger partial charge in [0.05, 0.1) is 6.10 Å². The first-order valence-electron chi connectivity index (χ1n) is 10.1. The van der Waals surface area contributed by atoms with E-state index in [1.54, 1.807) is 0 Å². The predicted octanol–water partition coefficient (Wildman–Crippen LogP) is 6.52. The molecule has 22 heavy (non-hydrogen) atoms. The summed E-state index contributed by atoms with van der Waals surface area (Å²) in [4.78, 5) is 0. The fourth-order valence-corrected chi connectivity index (χ4v) is 4.39. The van der Waals surface area contributed by atoms with E-state index in [0.29, 0.717) is 6.10 Å². The lowest BCUT2D eigenvalue weighted by molar-refractivity contribution is 0.00645. The summed E-state index contributed by atoms with van der Waals surface area (Å²) in [5.74, 6) is 2.91. The van der Waals surface area contributed by atoms with Crippen LogP contribution in [0.2, 0.25) is 0 Å². The third-order valence-corrected chi connectivity index (χ3v) is 5.92. The van der Waals surface area contributed by atoms with E-state index in [1.807, 2.05) is 0 Å². The van der Waals surface area contributed by atoms with E-state index >= 15 is 0 Å². The molecule has 2 saturated carbocycles. The van der Waals surface area contributed by atoms with Crippen molar-refractivity contribution in [3.05, 3.63) is 12.2 Å². The van der Waals surface area contributed by atoms with Crippen LogP contribution in [0.4, 0.5) is 0 Å². The fourth-order valence-electron chi connectivity index (χ4n) is 4.39. The van der Waals surface area contributed by atoms with Crippen molar-refractivity contribution < 1.29 is 4.74 Å². The van der Waals surface area contributed by atoms with Crippen molar-refractivity contribution in [2.75, 3.05) is 6.61 Å². The average Bonchev–Trinajstić information content (AvgIpc) is 2.57. The molecule has 2 aliphatic rings. The van der Waals surface area contributed by atoms with Crippen LogP contribution in [0.1, 0.15) is 90.9 Å². The molecule has 1 heteroatoms. The lowest BCUT2D eigenvalue weighted by Crippen LogP contribution is -2.28. The number of unbranched alkanes of at least 4 members (excludes halogenated alkanes) is 2. The first kappa shape index (κ1) is 18.0. The molecular weight excluding hydrogens is 268 g/mol. The van der Waals surface area contributed by atoms with Gasteiger partial charge in [-0.15, -0.1) is 0 Å². The van der Waals surface area contributed by atoms with Gasteiger partial charge in [-0.2, -0.15) is 0 Å². The number of hydrogen-bond acceptors (Lipinski definition) is 1. The normalized spacial score (nSPS) is 33.4. The maximum atomic E-state index is 6.02. The number of rotatable bonds is 8. The maximum absolute atomic E-state index is 6.02. The third kappa shape index (κ3) is 6.07. The van der Waals surface area contributed by atoms with Crippen molar-refractivity contribution in [2.45, 2.75) is 97.0 Å². The molecule has 0 N–H and O–H groups in total. The molecule has 0 aromatic carbocycles. The van der Waals surface area contributed by atoms with Crippen molar-refractivity contribution in [1.29, 1.82) is 0 Å². The smallest absolute Gasteiger partial charge is 0.0575 e. The Morgan fingerprint density at radius 2 is 1.45 bits per heavy atom. The van der Waals surface area contributed by atoms with Gasteiger partial charge in [-0.3, -0.25) is 0 Å². The molecule has 2 fully saturated rings. The molecule has 0 unspecified atom stereocenters. The Hall–Kier alpha value is -0.300. The largest absolute Gasteiger partial charge is 0.378 e. The van der Waals surface area contributed by atoms with Gasteiger partial charge >= 0.3 is 0 Å². The zero-order chi connectivity index (χ0) is 15.6. The van der Waals surface area contributed by atoms with Crippen LogP contribution in [-0.2, 0) is 4.74 Å². The Bertz CT molecular complexity index is 293. The second-order valence-corrected chi connectivity index (χ2v) is 7.65. The summed E-state index contributed by atoms with van der Waals surface area (Å²) in [6, 6.07) is 0. The van der Waals surface area contributed by atoms with Gasteiger partial charge in [0.15, 0.2) is 0 Å². The van der Waals surface area contributed by atoms with Crippen LogP contribution in [0.15, 0.2) is 12.2 Å². The predicted molar refractivity (Wildman–Crippen MR) is 96.1 cm³/mol. The van der Waals surface area contributed by atoms with Crippen molar-refractivity contribution in [2.24, 2.45) is 17.8 Å². The highest BCUT2D eigenvalue weighted by atomic mass is 16.5. The van der Waals surface area contributed by atoms with Crippen molar-refractivity contribution in [3.63, 3.8) is 0 Å². The molecule has 0 amide bonds. The number of hydrogen-bond donors (Lipinski definition) is 0. The minimum Gasteiger partial charge on any atom is -0.378 e. The van der Waals surface area contributed by atoms with Crippen LogP contribution in [0.25, 0.3) is 0 Å². The van der Waals surface area contributed by atoms with Crippen LogP contribution >= 0.6 is 0 Å². The summed E-state index contributed by atoms with van der Waals surface area (Å²) in [6.45, 7) is 5.50. The summed E-state index contributed by atoms with van der Waals surface area (Å²) in [6.07, 6.45) is 21.9. The SMILES string of the molecule is CCCC=C[C@H]1CC[C@H]([C@H]2CC[C@H](OCCCC)CC2)CC1. The molecule has 0 bridgehead atoms. The summed E-state index contributed by atoms with van der Waals surface area (Å²) >= 11 is 0. The van der Waals surface area contributed by atoms with Gasteiger partial charge < -0.3 is 4.74 Å². The Morgan fingerprint density at radius 3 is 2.05 bits per heavy atom. The van der Waals surface area contributed by atoms with Crippen molar-refractivity contribution >= 4 is 0 Å². The van der Waals surface area contributed by atoms with Gasteiger partial charge in [0.2, 0.25) is 0 Å². The van der Waals surface area contributed by atoms with Gasteiger partial charge in [-0.25, -0.2) is 0 Å². The van der Waals surface area contributed by atoms with E-state index < -0.39 is 0 Å². The minimum absolute atomic E-state index is 0.580. The Kier molecular flexibility index (Phi) is 8.59. The van der Waals surface area contributed by atoms with Gasteiger partial charge in [0, 0.05) is 6.61 Å². The Labute approximate surface area is 138 Å². The van der Waals surface area contributed by atoms with E-state index in [0.717, 1.165) is 24.4 Å². The van der Waals surface area contributed by atoms with E-state index in [1.165, 1.54) is 77.0 Å². The molecule has 128 valence electrons. The zero-order valence-electron chi connectivity index (χ0n) is 15.1. The molecule has 1 nitrogen and oxygen atoms in total. The molecule has 2 aliphatic carbocycles. The Morgan fingerprint density at radius 1 is 0.818 bits per heavy atom. The minimum atomic E-state index is 0.580. The quantitative estimate of drug-likeness (QED) is 0.366. The second-order valence-electron chi connectivity index (χ2n) is 7.65. The lowest BCUT2D eigenvalue weighted by atomic mass is 9.70. The Balaban J connectivity index is 1.62. The van der Waals surface area contributed by atoms with Gasteiger partial charge in [-0.05, 0) is 82.0 Å². The van der Waals surface area contributed by atoms with Crippen LogP contribution in [0.5, 0.6) is 0 Å². The van der Waals surface area contributed by atoms with Crippen molar-refractivity contribution in [1.82, 2.24) is 0 Å². The number of ether oxygens (including phenoxy) is 1. The van der Waals surface area contributed by atoms with Gasteiger partial charge in [-0.1, -0.05) is 38.8 Å². The monoisotopic (exact) mass is 306 g/mol. The zero-order valence-corrected chi connectivity index (χ0v) is 15.1. The topological polar surface area (TPSA) is 9.23 Å². The molecule has 0 heterocycles. The van der Waals surface area contributed by atoms with E-state index in [4.69, 9.17) is 4.74 Å². The molecule has 0 aromatic rings. The highest BCUT2D eigenvalue weighted by Crippen LogP contribution is 2.40. The fraction of sp³-hybridized carbons (Fsp3) is 0.905. The third-order valence-electron chi connectivity index (χ3n) is 5.92. The summed E-state index contributed by atoms with van der Waals surface area (Å²) in [5, 5.41) is 0. The van der Waals surface area contributed by atoms with Gasteiger partial charge in [0.1, 0.15) is 0 Å². The lowest BCUT2D eigenvalue weighted by Gasteiger charge is -2.37. The maximum Gasteiger partial charge on any atom is 0.0575 e. The first-order chi connectivity index (χ1) is 10.8. The van der Waals surface area contributed by atoms with E-state index in [9.17, 15) is 0 Å². The van der Waals surface area contributed by atoms with Crippen molar-refractivity contribution in [3.8, 4) is 0 Å². The second kappa shape index (κ2) is 10.5. The average molecular weight is 307 g/mol. The summed E-state index contributed by atoms with van der Waals surface area (Å²) in [5.41, 5.74) is 0. The van der Waals surface area contributed by atoms with Crippen LogP contribution in [-0.4, -0.2) is 12.7 Å². The molecule has 0 radical (unpaired) electrons. The summed E-state index contributed by atoms with van der Waals surface area (Å²) < 4.78 is 6.02. The highest BCUT2D eigenvalue weighted by Gasteiger charge is 2.30. The molecule has 0 aliphatic heterocycles.